The molecule has 0 bridgehead atoms. The Labute approximate surface area is 329 Å². The number of hydrogen-bond acceptors (Lipinski definition) is 0. The first kappa shape index (κ1) is 47.7. The van der Waals surface area contributed by atoms with E-state index in [0.29, 0.717) is 16.5 Å². The molecule has 326 valence electrons. The molecule has 1 heterocycles. The second kappa shape index (κ2) is 15.5. The van der Waals surface area contributed by atoms with Gasteiger partial charge in [-0.15, -0.1) is 16.4 Å². The van der Waals surface area contributed by atoms with Crippen molar-refractivity contribution in [2.75, 3.05) is 0 Å². The molecule has 1 atom stereocenters. The quantitative estimate of drug-likeness (QED) is 0.104. The number of alkyl halides is 18. The number of halogens is 19. The van der Waals surface area contributed by atoms with Gasteiger partial charge in [0.1, 0.15) is 11.4 Å². The SMILES string of the molecule is Cc1c(C)[n+](C(C)C)c([B@H-](Cl)[NH2+][B-](c2cc(C(F)(F)F)cc(C(F)(F)F)c2)(c2cc(C(F)(F)F)cc(C(F)(F)F)c2)c2cc(C(F)(F)F)cc(C(F)(F)F)c2)n1C(C)C. The lowest BCUT2D eigenvalue weighted by atomic mass is 9.22. The molecular weight excluding hydrogens is 861 g/mol. The molecule has 0 spiro atoms. The van der Waals surface area contributed by atoms with Crippen LogP contribution in [0.5, 0.6) is 0 Å². The number of quaternary nitrogens is 1. The zero-order valence-corrected chi connectivity index (χ0v) is 32.0. The van der Waals surface area contributed by atoms with E-state index in [0.717, 1.165) is 0 Å². The van der Waals surface area contributed by atoms with Crippen molar-refractivity contribution in [2.24, 2.45) is 0 Å². The van der Waals surface area contributed by atoms with Crippen LogP contribution < -0.4 is 31.8 Å². The maximum Gasteiger partial charge on any atom is 0.416 e. The van der Waals surface area contributed by atoms with E-state index < -0.39 is 130 Å². The molecule has 59 heavy (non-hydrogen) atoms. The molecule has 0 radical (unpaired) electrons. The summed E-state index contributed by atoms with van der Waals surface area (Å²) in [7, 11) is 0. The van der Waals surface area contributed by atoms with Gasteiger partial charge in [0.2, 0.25) is 6.28 Å². The predicted octanol–water partition coefficient (Wildman–Crippen LogP) is 8.56. The van der Waals surface area contributed by atoms with Gasteiger partial charge < -0.3 is 16.6 Å². The standard InChI is InChI=1S/C35H32B2ClF18N3/c1-16(2)58-18(5)19(6)59(17(3)4)29(58)36(38)57-37(26-10-20(30(39,40)41)7-21(11-26)31(42,43)44,27-12-22(32(45,46)47)8-23(13-27)33(48,49)50)28-14-24(34(51,52)53)9-25(15-28)35(54,55)56/h7-17,36H,57H2,1-6H3/t36-/m1/s1. The first-order valence-corrected chi connectivity index (χ1v) is 17.8. The van der Waals surface area contributed by atoms with Gasteiger partial charge in [-0.05, 0) is 45.9 Å². The van der Waals surface area contributed by atoms with Crippen LogP contribution in [0, 0.1) is 13.8 Å². The number of nitrogens with zero attached hydrogens (tertiary/aromatic N) is 2. The van der Waals surface area contributed by atoms with Crippen LogP contribution in [0.4, 0.5) is 79.0 Å². The Morgan fingerprint density at radius 3 is 0.966 bits per heavy atom. The highest BCUT2D eigenvalue weighted by Crippen LogP contribution is 2.39. The Morgan fingerprint density at radius 1 is 0.508 bits per heavy atom. The van der Waals surface area contributed by atoms with Crippen molar-refractivity contribution in [3.63, 3.8) is 0 Å². The molecule has 0 saturated heterocycles. The van der Waals surface area contributed by atoms with Crippen molar-refractivity contribution < 1.29 is 88.7 Å². The number of nitrogens with two attached hydrogens (primary N) is 1. The van der Waals surface area contributed by atoms with Crippen LogP contribution in [0.2, 0.25) is 0 Å². The summed E-state index contributed by atoms with van der Waals surface area (Å²) < 4.78 is 263. The van der Waals surface area contributed by atoms with Crippen LogP contribution in [0.15, 0.2) is 54.6 Å². The summed E-state index contributed by atoms with van der Waals surface area (Å²) in [6, 6.07) is -3.78. The number of imidazole rings is 1. The van der Waals surface area contributed by atoms with E-state index >= 15 is 0 Å². The van der Waals surface area contributed by atoms with Gasteiger partial charge in [-0.1, -0.05) is 36.4 Å². The van der Waals surface area contributed by atoms with Crippen molar-refractivity contribution >= 4 is 46.1 Å². The van der Waals surface area contributed by atoms with E-state index in [1.54, 1.807) is 27.7 Å². The fraction of sp³-hybridized carbons (Fsp3) is 0.400. The molecule has 0 amide bonds. The monoisotopic (exact) mass is 893 g/mol. The lowest BCUT2D eigenvalue weighted by molar-refractivity contribution is -0.706. The highest BCUT2D eigenvalue weighted by atomic mass is 35.5. The number of benzene rings is 3. The summed E-state index contributed by atoms with van der Waals surface area (Å²) in [6.07, 6.45) is -42.9. The molecule has 0 aliphatic rings. The Hall–Kier alpha value is -4.01. The average molecular weight is 894 g/mol. The number of aromatic nitrogens is 2. The van der Waals surface area contributed by atoms with E-state index in [-0.39, 0.29) is 42.1 Å². The zero-order valence-electron chi connectivity index (χ0n) is 31.3. The molecule has 3 nitrogen and oxygen atoms in total. The molecule has 0 aliphatic carbocycles. The summed E-state index contributed by atoms with van der Waals surface area (Å²) in [6.45, 7) is 9.33. The summed E-state index contributed by atoms with van der Waals surface area (Å²) in [5.41, 5.74) is -17.4. The van der Waals surface area contributed by atoms with Gasteiger partial charge in [-0.3, -0.25) is 9.13 Å². The molecular formula is C35H32B2ClF18N3. The molecule has 3 aromatic carbocycles. The summed E-state index contributed by atoms with van der Waals surface area (Å²) in [5, 5.41) is 0.494. The van der Waals surface area contributed by atoms with Crippen molar-refractivity contribution in [2.45, 2.75) is 90.7 Å². The van der Waals surface area contributed by atoms with Gasteiger partial charge in [0.25, 0.3) is 0 Å². The molecule has 24 heteroatoms. The van der Waals surface area contributed by atoms with E-state index in [2.05, 4.69) is 0 Å². The molecule has 4 rings (SSSR count). The third kappa shape index (κ3) is 9.65. The van der Waals surface area contributed by atoms with Crippen LogP contribution in [0.1, 0.15) is 84.5 Å². The largest absolute Gasteiger partial charge is 0.711 e. The molecule has 0 fully saturated rings. The predicted molar refractivity (Wildman–Crippen MR) is 183 cm³/mol. The van der Waals surface area contributed by atoms with E-state index in [4.69, 9.17) is 11.5 Å². The van der Waals surface area contributed by atoms with E-state index in [1.165, 1.54) is 23.0 Å². The average Bonchev–Trinajstić information content (AvgIpc) is 3.34. The highest BCUT2D eigenvalue weighted by Gasteiger charge is 2.48. The lowest BCUT2D eigenvalue weighted by Crippen LogP contribution is -3.16. The van der Waals surface area contributed by atoms with Crippen molar-refractivity contribution in [1.82, 2.24) is 4.57 Å². The molecule has 0 unspecified atom stereocenters. The van der Waals surface area contributed by atoms with Gasteiger partial charge >= 0.3 is 43.3 Å². The first-order valence-electron chi connectivity index (χ1n) is 17.3. The fourth-order valence-corrected chi connectivity index (χ4v) is 8.20. The Kier molecular flexibility index (Phi) is 12.5. The van der Waals surface area contributed by atoms with Gasteiger partial charge in [-0.2, -0.15) is 79.0 Å². The number of rotatable bonds is 8. The van der Waals surface area contributed by atoms with E-state index in [1.807, 2.05) is 0 Å². The second-order valence-electron chi connectivity index (χ2n) is 14.7. The summed E-state index contributed by atoms with van der Waals surface area (Å²) >= 11 is 7.07. The Morgan fingerprint density at radius 2 is 0.763 bits per heavy atom. The van der Waals surface area contributed by atoms with Crippen molar-refractivity contribution in [3.05, 3.63) is 99.4 Å². The van der Waals surface area contributed by atoms with Gasteiger partial charge in [0.05, 0.1) is 45.5 Å². The molecule has 0 saturated carbocycles. The van der Waals surface area contributed by atoms with Crippen molar-refractivity contribution in [3.8, 4) is 0 Å². The third-order valence-electron chi connectivity index (χ3n) is 10.1. The van der Waals surface area contributed by atoms with Crippen molar-refractivity contribution in [1.29, 1.82) is 0 Å². The molecule has 1 aromatic heterocycles. The van der Waals surface area contributed by atoms with Gasteiger partial charge in [0, 0.05) is 13.8 Å². The number of hydrogen-bond donors (Lipinski definition) is 1. The van der Waals surface area contributed by atoms with Crippen LogP contribution in [0.3, 0.4) is 0 Å². The fourth-order valence-electron chi connectivity index (χ4n) is 7.68. The molecule has 4 aromatic rings. The summed E-state index contributed by atoms with van der Waals surface area (Å²) in [5.74, 6) is 0. The highest BCUT2D eigenvalue weighted by molar-refractivity contribution is 7.15. The van der Waals surface area contributed by atoms with Crippen LogP contribution in [-0.2, 0) is 37.1 Å². The third-order valence-corrected chi connectivity index (χ3v) is 10.5. The van der Waals surface area contributed by atoms with Gasteiger partial charge in [0.15, 0.2) is 5.72 Å². The minimum atomic E-state index is -5.79. The first-order chi connectivity index (χ1) is 26.4. The Bertz CT molecular complexity index is 1880. The van der Waals surface area contributed by atoms with Gasteiger partial charge in [-0.25, -0.2) is 0 Å². The minimum Gasteiger partial charge on any atom is -0.711 e. The summed E-state index contributed by atoms with van der Waals surface area (Å²) in [4.78, 5) is 0. The molecule has 0 aliphatic heterocycles. The van der Waals surface area contributed by atoms with Crippen LogP contribution in [-0.4, -0.2) is 17.1 Å². The normalized spacial score (nSPS) is 14.5. The van der Waals surface area contributed by atoms with Crippen LogP contribution in [0.25, 0.3) is 0 Å². The van der Waals surface area contributed by atoms with E-state index in [9.17, 15) is 79.0 Å². The lowest BCUT2D eigenvalue weighted by Gasteiger charge is -2.46. The second-order valence-corrected chi connectivity index (χ2v) is 15.3. The van der Waals surface area contributed by atoms with Crippen LogP contribution >= 0.6 is 11.5 Å². The topological polar surface area (TPSA) is 25.4 Å². The maximum atomic E-state index is 14.5. The minimum absolute atomic E-state index is 0.0908. The maximum absolute atomic E-state index is 14.5. The Balaban J connectivity index is 2.49. The smallest absolute Gasteiger partial charge is 0.416 e. The molecule has 2 N–H and O–H groups in total. The zero-order chi connectivity index (χ0) is 45.4.